The molecule has 3 aliphatic rings. The van der Waals surface area contributed by atoms with Crippen LogP contribution in [0.2, 0.25) is 0 Å². The molecule has 39 heavy (non-hydrogen) atoms. The molecule has 3 saturated heterocycles. The summed E-state index contributed by atoms with van der Waals surface area (Å²) in [5, 5.41) is 7.12. The number of ether oxygens (including phenoxy) is 1. The summed E-state index contributed by atoms with van der Waals surface area (Å²) < 4.78 is 37.2. The van der Waals surface area contributed by atoms with Crippen LogP contribution in [0.3, 0.4) is 0 Å². The van der Waals surface area contributed by atoms with E-state index in [9.17, 15) is 22.8 Å². The van der Waals surface area contributed by atoms with E-state index in [1.54, 1.807) is 43.0 Å². The van der Waals surface area contributed by atoms with E-state index in [4.69, 9.17) is 14.6 Å². The second-order valence-electron chi connectivity index (χ2n) is 9.58. The van der Waals surface area contributed by atoms with Gasteiger partial charge in [0, 0.05) is 75.5 Å². The lowest BCUT2D eigenvalue weighted by Gasteiger charge is -2.38. The SMILES string of the molecule is O=C(O)C(F)(F)F.O=C(c1ccncc1)N1CCC[C@]2(C(=O)N3CCOCC3)CN(c3ncccn3)C[C@@H]2C1. The molecule has 0 bridgehead atoms. The Hall–Kier alpha value is -3.81. The molecule has 2 atom stereocenters. The number of amides is 2. The van der Waals surface area contributed by atoms with Crippen molar-refractivity contribution < 1.29 is 37.4 Å². The Balaban J connectivity index is 0.000000448. The number of morpholine rings is 1. The zero-order valence-electron chi connectivity index (χ0n) is 21.1. The molecule has 0 saturated carbocycles. The van der Waals surface area contributed by atoms with Crippen molar-refractivity contribution in [2.45, 2.75) is 19.0 Å². The molecule has 0 unspecified atom stereocenters. The summed E-state index contributed by atoms with van der Waals surface area (Å²) in [4.78, 5) is 54.9. The number of carbonyl (C=O) groups excluding carboxylic acids is 2. The van der Waals surface area contributed by atoms with Gasteiger partial charge >= 0.3 is 12.1 Å². The first-order valence-corrected chi connectivity index (χ1v) is 12.5. The fourth-order valence-corrected chi connectivity index (χ4v) is 5.33. The highest BCUT2D eigenvalue weighted by Crippen LogP contribution is 2.45. The normalized spacial score (nSPS) is 23.3. The highest BCUT2D eigenvalue weighted by atomic mass is 19.4. The van der Waals surface area contributed by atoms with Gasteiger partial charge in [-0.25, -0.2) is 14.8 Å². The van der Waals surface area contributed by atoms with Gasteiger partial charge in [-0.05, 0) is 31.0 Å². The fourth-order valence-electron chi connectivity index (χ4n) is 5.33. The predicted octanol–water partition coefficient (Wildman–Crippen LogP) is 1.72. The minimum Gasteiger partial charge on any atom is -0.475 e. The van der Waals surface area contributed by atoms with Crippen molar-refractivity contribution in [3.8, 4) is 0 Å². The number of nitrogens with zero attached hydrogens (tertiary/aromatic N) is 6. The van der Waals surface area contributed by atoms with Gasteiger partial charge < -0.3 is 24.5 Å². The van der Waals surface area contributed by atoms with Crippen LogP contribution in [0.1, 0.15) is 23.2 Å². The number of hydrogen-bond donors (Lipinski definition) is 1. The van der Waals surface area contributed by atoms with Gasteiger partial charge in [0.05, 0.1) is 18.6 Å². The number of aliphatic carboxylic acids is 1. The third-order valence-corrected chi connectivity index (χ3v) is 7.20. The highest BCUT2D eigenvalue weighted by molar-refractivity contribution is 5.94. The first-order valence-electron chi connectivity index (χ1n) is 12.5. The van der Waals surface area contributed by atoms with Crippen LogP contribution in [0.4, 0.5) is 19.1 Å². The predicted molar refractivity (Wildman–Crippen MR) is 131 cm³/mol. The molecule has 14 heteroatoms. The number of fused-ring (bicyclic) bond motifs is 1. The van der Waals surface area contributed by atoms with Crippen LogP contribution in [0, 0.1) is 11.3 Å². The minimum absolute atomic E-state index is 0.00330. The van der Waals surface area contributed by atoms with Crippen LogP contribution >= 0.6 is 0 Å². The average molecular weight is 551 g/mol. The molecule has 0 aromatic carbocycles. The summed E-state index contributed by atoms with van der Waals surface area (Å²) in [6, 6.07) is 5.29. The summed E-state index contributed by atoms with van der Waals surface area (Å²) >= 11 is 0. The maximum Gasteiger partial charge on any atom is 0.490 e. The molecule has 11 nitrogen and oxygen atoms in total. The molecule has 1 N–H and O–H groups in total. The van der Waals surface area contributed by atoms with Crippen molar-refractivity contribution in [2.24, 2.45) is 11.3 Å². The summed E-state index contributed by atoms with van der Waals surface area (Å²) in [6.07, 6.45) is 3.19. The molecular formula is C25H29F3N6O5. The quantitative estimate of drug-likeness (QED) is 0.607. The summed E-state index contributed by atoms with van der Waals surface area (Å²) in [5.74, 6) is -1.93. The van der Waals surface area contributed by atoms with E-state index in [-0.39, 0.29) is 17.7 Å². The zero-order valence-corrected chi connectivity index (χ0v) is 21.1. The van der Waals surface area contributed by atoms with Crippen molar-refractivity contribution in [3.05, 3.63) is 48.5 Å². The Morgan fingerprint density at radius 2 is 1.62 bits per heavy atom. The van der Waals surface area contributed by atoms with E-state index in [1.165, 1.54) is 0 Å². The van der Waals surface area contributed by atoms with Gasteiger partial charge in [0.1, 0.15) is 0 Å². The third kappa shape index (κ3) is 6.44. The Morgan fingerprint density at radius 1 is 0.974 bits per heavy atom. The zero-order chi connectivity index (χ0) is 28.0. The van der Waals surface area contributed by atoms with E-state index in [1.807, 2.05) is 9.80 Å². The van der Waals surface area contributed by atoms with Gasteiger partial charge in [-0.2, -0.15) is 13.2 Å². The van der Waals surface area contributed by atoms with Gasteiger partial charge in [-0.1, -0.05) is 0 Å². The van der Waals surface area contributed by atoms with Gasteiger partial charge in [-0.15, -0.1) is 0 Å². The lowest BCUT2D eigenvalue weighted by Crippen LogP contribution is -2.53. The number of alkyl halides is 3. The number of aromatic nitrogens is 3. The average Bonchev–Trinajstić information content (AvgIpc) is 3.22. The molecule has 2 amide bonds. The molecule has 3 fully saturated rings. The molecule has 0 radical (unpaired) electrons. The second kappa shape index (κ2) is 11.9. The number of carboxylic acid groups (broad SMARTS) is 1. The monoisotopic (exact) mass is 550 g/mol. The topological polar surface area (TPSA) is 129 Å². The van der Waals surface area contributed by atoms with Crippen LogP contribution in [-0.4, -0.2) is 106 Å². The third-order valence-electron chi connectivity index (χ3n) is 7.20. The lowest BCUT2D eigenvalue weighted by molar-refractivity contribution is -0.192. The molecule has 5 heterocycles. The molecule has 0 aliphatic carbocycles. The van der Waals surface area contributed by atoms with E-state index in [0.29, 0.717) is 64.0 Å². The van der Waals surface area contributed by atoms with E-state index in [0.717, 1.165) is 12.8 Å². The molecule has 210 valence electrons. The van der Waals surface area contributed by atoms with Crippen LogP contribution in [0.15, 0.2) is 43.0 Å². The van der Waals surface area contributed by atoms with Crippen LogP contribution in [0.25, 0.3) is 0 Å². The van der Waals surface area contributed by atoms with Crippen LogP contribution in [0.5, 0.6) is 0 Å². The van der Waals surface area contributed by atoms with Crippen molar-refractivity contribution in [3.63, 3.8) is 0 Å². The Kier molecular flexibility index (Phi) is 8.63. The standard InChI is InChI=1S/C23H28N6O3.C2HF3O2/c30-20(18-3-8-24-9-4-18)28-10-1-5-23(21(31)27-11-13-32-14-12-27)17-29(16-19(23)15-28)22-25-6-2-7-26-22;3-2(4,5)1(6)7/h2-4,6-9,19H,1,5,10-17H2;(H,6,7)/t19-,23-;/m0./s1. The number of rotatable bonds is 3. The number of pyridine rings is 1. The largest absolute Gasteiger partial charge is 0.490 e. The fraction of sp³-hybridized carbons (Fsp3) is 0.520. The van der Waals surface area contributed by atoms with Crippen molar-refractivity contribution in [1.29, 1.82) is 0 Å². The highest BCUT2D eigenvalue weighted by Gasteiger charge is 2.55. The van der Waals surface area contributed by atoms with Crippen LogP contribution in [-0.2, 0) is 14.3 Å². The van der Waals surface area contributed by atoms with Gasteiger partial charge in [-0.3, -0.25) is 14.6 Å². The van der Waals surface area contributed by atoms with Gasteiger partial charge in [0.25, 0.3) is 5.91 Å². The Bertz CT molecular complexity index is 1150. The molecule has 0 spiro atoms. The number of anilines is 1. The number of halogens is 3. The molecule has 5 rings (SSSR count). The van der Waals surface area contributed by atoms with Crippen molar-refractivity contribution in [2.75, 3.05) is 57.4 Å². The summed E-state index contributed by atoms with van der Waals surface area (Å²) in [7, 11) is 0. The molecule has 3 aliphatic heterocycles. The number of carboxylic acids is 1. The Morgan fingerprint density at radius 3 is 2.23 bits per heavy atom. The van der Waals surface area contributed by atoms with E-state index in [2.05, 4.69) is 19.9 Å². The first-order chi connectivity index (χ1) is 18.6. The Labute approximate surface area is 222 Å². The summed E-state index contributed by atoms with van der Waals surface area (Å²) in [6.45, 7) is 4.81. The lowest BCUT2D eigenvalue weighted by atomic mass is 9.73. The minimum atomic E-state index is -5.08. The van der Waals surface area contributed by atoms with Gasteiger partial charge in [0.15, 0.2) is 0 Å². The van der Waals surface area contributed by atoms with Crippen molar-refractivity contribution in [1.82, 2.24) is 24.8 Å². The molecule has 2 aromatic heterocycles. The first kappa shape index (κ1) is 28.2. The van der Waals surface area contributed by atoms with Crippen molar-refractivity contribution >= 4 is 23.7 Å². The number of likely N-dealkylation sites (tertiary alicyclic amines) is 1. The smallest absolute Gasteiger partial charge is 0.475 e. The molecule has 2 aromatic rings. The van der Waals surface area contributed by atoms with Gasteiger partial charge in [0.2, 0.25) is 11.9 Å². The van der Waals surface area contributed by atoms with E-state index >= 15 is 0 Å². The molecular weight excluding hydrogens is 521 g/mol. The van der Waals surface area contributed by atoms with Crippen LogP contribution < -0.4 is 4.90 Å². The van der Waals surface area contributed by atoms with E-state index < -0.39 is 17.6 Å². The maximum absolute atomic E-state index is 13.9. The number of carbonyl (C=O) groups is 3. The number of hydrogen-bond acceptors (Lipinski definition) is 8. The second-order valence-corrected chi connectivity index (χ2v) is 9.58. The summed E-state index contributed by atoms with van der Waals surface area (Å²) in [5.41, 5.74) is 0.0809. The maximum atomic E-state index is 13.9.